The number of hydrogen-bond acceptors (Lipinski definition) is 4. The summed E-state index contributed by atoms with van der Waals surface area (Å²) in [7, 11) is 1.56. The second-order valence-electron chi connectivity index (χ2n) is 8.86. The summed E-state index contributed by atoms with van der Waals surface area (Å²) in [6.45, 7) is 8.01. The van der Waals surface area contributed by atoms with E-state index in [4.69, 9.17) is 4.98 Å². The quantitative estimate of drug-likeness (QED) is 0.387. The van der Waals surface area contributed by atoms with Crippen LogP contribution in [0, 0.1) is 12.7 Å². The standard InChI is InChI=1S/C26H27FN4O2S/c1-6-26(3,4)30-23(32)17-8-7-15(2)19(13-17)20-14-31-22(24(33)28-5)21(29-25(31)34-20)16-9-11-18(27)12-10-16/h7-14H,6H2,1-5H3,(H,28,33)(H,30,32). The molecule has 0 unspecified atom stereocenters. The molecule has 0 spiro atoms. The number of imidazole rings is 1. The van der Waals surface area contributed by atoms with Crippen LogP contribution in [-0.4, -0.2) is 33.8 Å². The van der Waals surface area contributed by atoms with Crippen LogP contribution in [0.1, 0.15) is 53.6 Å². The van der Waals surface area contributed by atoms with Gasteiger partial charge in [-0.15, -0.1) is 0 Å². The van der Waals surface area contributed by atoms with Gasteiger partial charge in [-0.2, -0.15) is 0 Å². The predicted molar refractivity (Wildman–Crippen MR) is 134 cm³/mol. The Bertz CT molecular complexity index is 1390. The number of fused-ring (bicyclic) bond motifs is 1. The van der Waals surface area contributed by atoms with E-state index < -0.39 is 0 Å². The van der Waals surface area contributed by atoms with Gasteiger partial charge in [0.1, 0.15) is 17.2 Å². The van der Waals surface area contributed by atoms with Gasteiger partial charge in [0.15, 0.2) is 4.96 Å². The van der Waals surface area contributed by atoms with E-state index in [9.17, 15) is 14.0 Å². The molecule has 4 aromatic rings. The molecule has 0 atom stereocenters. The van der Waals surface area contributed by atoms with Gasteiger partial charge in [0, 0.05) is 29.9 Å². The SMILES string of the molecule is CCC(C)(C)NC(=O)c1ccc(C)c(-c2cn3c(C(=O)NC)c(-c4ccc(F)cc4)nc3s2)c1. The van der Waals surface area contributed by atoms with Crippen LogP contribution >= 0.6 is 11.3 Å². The van der Waals surface area contributed by atoms with Crippen molar-refractivity contribution in [2.75, 3.05) is 7.05 Å². The molecule has 2 aromatic heterocycles. The van der Waals surface area contributed by atoms with Gasteiger partial charge in [0.05, 0.1) is 4.88 Å². The molecule has 0 aliphatic rings. The fourth-order valence-electron chi connectivity index (χ4n) is 3.61. The van der Waals surface area contributed by atoms with Gasteiger partial charge in [0.2, 0.25) is 0 Å². The van der Waals surface area contributed by atoms with Crippen LogP contribution in [0.4, 0.5) is 4.39 Å². The number of rotatable bonds is 6. The Morgan fingerprint density at radius 2 is 1.82 bits per heavy atom. The van der Waals surface area contributed by atoms with E-state index in [1.165, 1.54) is 23.5 Å². The second kappa shape index (κ2) is 9.02. The fraction of sp³-hybridized carbons (Fsp3) is 0.269. The maximum Gasteiger partial charge on any atom is 0.270 e. The van der Waals surface area contributed by atoms with Crippen LogP contribution in [0.2, 0.25) is 0 Å². The van der Waals surface area contributed by atoms with Gasteiger partial charge < -0.3 is 10.6 Å². The van der Waals surface area contributed by atoms with Crippen LogP contribution in [-0.2, 0) is 0 Å². The molecule has 0 aliphatic carbocycles. The first-order valence-corrected chi connectivity index (χ1v) is 11.9. The minimum Gasteiger partial charge on any atom is -0.354 e. The highest BCUT2D eigenvalue weighted by Crippen LogP contribution is 2.35. The minimum absolute atomic E-state index is 0.126. The number of nitrogens with one attached hydrogen (secondary N) is 2. The normalized spacial score (nSPS) is 11.6. The van der Waals surface area contributed by atoms with Crippen LogP contribution in [0.3, 0.4) is 0 Å². The van der Waals surface area contributed by atoms with E-state index in [0.717, 1.165) is 22.4 Å². The minimum atomic E-state index is -0.352. The molecule has 34 heavy (non-hydrogen) atoms. The van der Waals surface area contributed by atoms with Crippen molar-refractivity contribution in [1.82, 2.24) is 20.0 Å². The number of carbonyl (C=O) groups excluding carboxylic acids is 2. The lowest BCUT2D eigenvalue weighted by Gasteiger charge is -2.24. The third kappa shape index (κ3) is 4.46. The summed E-state index contributed by atoms with van der Waals surface area (Å²) in [5.41, 5.74) is 3.72. The maximum atomic E-state index is 13.4. The van der Waals surface area contributed by atoms with Gasteiger partial charge >= 0.3 is 0 Å². The average molecular weight is 479 g/mol. The van der Waals surface area contributed by atoms with Crippen molar-refractivity contribution in [2.24, 2.45) is 0 Å². The molecular formula is C26H27FN4O2S. The molecular weight excluding hydrogens is 451 g/mol. The van der Waals surface area contributed by atoms with Gasteiger partial charge in [-0.1, -0.05) is 24.3 Å². The van der Waals surface area contributed by atoms with Crippen LogP contribution < -0.4 is 10.6 Å². The Kier molecular flexibility index (Phi) is 6.27. The van der Waals surface area contributed by atoms with Crippen molar-refractivity contribution in [3.05, 3.63) is 71.3 Å². The number of aryl methyl sites for hydroxylation is 1. The molecule has 4 rings (SSSR count). The largest absolute Gasteiger partial charge is 0.354 e. The maximum absolute atomic E-state index is 13.4. The first-order valence-electron chi connectivity index (χ1n) is 11.1. The molecule has 2 heterocycles. The highest BCUT2D eigenvalue weighted by Gasteiger charge is 2.23. The number of halogens is 1. The van der Waals surface area contributed by atoms with Crippen LogP contribution in [0.5, 0.6) is 0 Å². The molecule has 0 fully saturated rings. The van der Waals surface area contributed by atoms with Crippen molar-refractivity contribution in [1.29, 1.82) is 0 Å². The van der Waals surface area contributed by atoms with Crippen molar-refractivity contribution in [3.8, 4) is 21.7 Å². The Morgan fingerprint density at radius 1 is 1.12 bits per heavy atom. The Hall–Kier alpha value is -3.52. The number of hydrogen-bond donors (Lipinski definition) is 2. The van der Waals surface area contributed by atoms with Gasteiger partial charge in [-0.3, -0.25) is 14.0 Å². The molecule has 0 bridgehead atoms. The zero-order chi connectivity index (χ0) is 24.6. The molecule has 8 heteroatoms. The molecule has 0 radical (unpaired) electrons. The molecule has 6 nitrogen and oxygen atoms in total. The van der Waals surface area contributed by atoms with E-state index in [-0.39, 0.29) is 23.2 Å². The molecule has 176 valence electrons. The van der Waals surface area contributed by atoms with Gasteiger partial charge in [-0.25, -0.2) is 9.37 Å². The lowest BCUT2D eigenvalue weighted by Crippen LogP contribution is -2.42. The third-order valence-corrected chi connectivity index (χ3v) is 7.00. The van der Waals surface area contributed by atoms with Gasteiger partial charge in [-0.05, 0) is 74.7 Å². The smallest absolute Gasteiger partial charge is 0.270 e. The number of carbonyl (C=O) groups is 2. The fourth-order valence-corrected chi connectivity index (χ4v) is 4.68. The molecule has 0 aliphatic heterocycles. The van der Waals surface area contributed by atoms with E-state index in [1.807, 2.05) is 52.1 Å². The average Bonchev–Trinajstić information content (AvgIpc) is 3.37. The van der Waals surface area contributed by atoms with Gasteiger partial charge in [0.25, 0.3) is 11.8 Å². The zero-order valence-electron chi connectivity index (χ0n) is 19.8. The first kappa shape index (κ1) is 23.6. The summed E-state index contributed by atoms with van der Waals surface area (Å²) < 4.78 is 15.2. The number of aromatic nitrogens is 2. The Balaban J connectivity index is 1.79. The summed E-state index contributed by atoms with van der Waals surface area (Å²) in [4.78, 5) is 31.8. The van der Waals surface area contributed by atoms with Crippen molar-refractivity contribution < 1.29 is 14.0 Å². The van der Waals surface area contributed by atoms with Crippen molar-refractivity contribution in [3.63, 3.8) is 0 Å². The molecule has 2 N–H and O–H groups in total. The first-order chi connectivity index (χ1) is 16.1. The van der Waals surface area contributed by atoms with Crippen molar-refractivity contribution >= 4 is 28.1 Å². The lowest BCUT2D eigenvalue weighted by atomic mass is 9.99. The number of thiazole rings is 1. The molecule has 0 saturated carbocycles. The Labute approximate surface area is 201 Å². The molecule has 2 amide bonds. The van der Waals surface area contributed by atoms with E-state index >= 15 is 0 Å². The summed E-state index contributed by atoms with van der Waals surface area (Å²) in [6, 6.07) is 11.5. The highest BCUT2D eigenvalue weighted by molar-refractivity contribution is 7.20. The summed E-state index contributed by atoms with van der Waals surface area (Å²) in [6.07, 6.45) is 2.68. The van der Waals surface area contributed by atoms with E-state index in [0.29, 0.717) is 27.5 Å². The summed E-state index contributed by atoms with van der Waals surface area (Å²) in [5, 5.41) is 5.74. The number of nitrogens with zero attached hydrogens (tertiary/aromatic N) is 2. The summed E-state index contributed by atoms with van der Waals surface area (Å²) in [5.74, 6) is -0.767. The third-order valence-electron chi connectivity index (χ3n) is 5.99. The lowest BCUT2D eigenvalue weighted by molar-refractivity contribution is 0.0909. The topological polar surface area (TPSA) is 75.5 Å². The number of amides is 2. The van der Waals surface area contributed by atoms with Crippen LogP contribution in [0.25, 0.3) is 26.7 Å². The Morgan fingerprint density at radius 3 is 2.47 bits per heavy atom. The monoisotopic (exact) mass is 478 g/mol. The molecule has 2 aromatic carbocycles. The highest BCUT2D eigenvalue weighted by atomic mass is 32.1. The second-order valence-corrected chi connectivity index (χ2v) is 9.87. The van der Waals surface area contributed by atoms with Crippen LogP contribution in [0.15, 0.2) is 48.7 Å². The predicted octanol–water partition coefficient (Wildman–Crippen LogP) is 5.46. The summed E-state index contributed by atoms with van der Waals surface area (Å²) >= 11 is 1.43. The van der Waals surface area contributed by atoms with Crippen molar-refractivity contribution in [2.45, 2.75) is 39.7 Å². The zero-order valence-corrected chi connectivity index (χ0v) is 20.6. The van der Waals surface area contributed by atoms with E-state index in [1.54, 1.807) is 23.6 Å². The molecule has 0 saturated heterocycles. The van der Waals surface area contributed by atoms with E-state index in [2.05, 4.69) is 10.6 Å². The number of benzene rings is 2.